The number of hydrogen-bond donors (Lipinski definition) is 1. The van der Waals surface area contributed by atoms with Crippen LogP contribution in [0.3, 0.4) is 0 Å². The van der Waals surface area contributed by atoms with Crippen molar-refractivity contribution in [3.63, 3.8) is 0 Å². The van der Waals surface area contributed by atoms with E-state index < -0.39 is 6.10 Å². The number of aliphatic hydroxyl groups excluding tert-OH is 1. The van der Waals surface area contributed by atoms with E-state index >= 15 is 0 Å². The zero-order valence-corrected chi connectivity index (χ0v) is 18.9. The molecular weight excluding hydrogens is 426 g/mol. The van der Waals surface area contributed by atoms with Crippen LogP contribution in [-0.4, -0.2) is 40.0 Å². The van der Waals surface area contributed by atoms with Crippen LogP contribution in [-0.2, 0) is 17.8 Å². The number of aliphatic hydroxyl groups is 1. The van der Waals surface area contributed by atoms with Gasteiger partial charge >= 0.3 is 0 Å². The number of rotatable bonds is 9. The molecule has 1 N–H and O–H groups in total. The van der Waals surface area contributed by atoms with Gasteiger partial charge in [-0.15, -0.1) is 11.3 Å². The average Bonchev–Trinajstić information content (AvgIpc) is 3.44. The highest BCUT2D eigenvalue weighted by molar-refractivity contribution is 7.13. The SMILES string of the molecule is CC(O)c1cc(C(=O)Cc2ccc(OC=O)cc2)n(Cc2csc(N3CCCCC3)n2)c1. The largest absolute Gasteiger partial charge is 0.429 e. The summed E-state index contributed by atoms with van der Waals surface area (Å²) in [5.74, 6) is 0.386. The molecule has 1 aliphatic heterocycles. The van der Waals surface area contributed by atoms with E-state index in [1.54, 1.807) is 48.6 Å². The first-order chi connectivity index (χ1) is 15.5. The molecule has 1 atom stereocenters. The minimum atomic E-state index is -0.665. The maximum Gasteiger partial charge on any atom is 0.298 e. The van der Waals surface area contributed by atoms with Crippen molar-refractivity contribution in [2.45, 2.75) is 45.3 Å². The number of Topliss-reactive ketones (excluding diaryl/α,β-unsaturated/α-hetero) is 1. The molecule has 0 spiro atoms. The van der Waals surface area contributed by atoms with Gasteiger partial charge in [-0.25, -0.2) is 4.98 Å². The standard InChI is InChI=1S/C24H27N3O4S/c1-17(29)19-12-22(23(30)11-18-5-7-21(8-6-18)31-16-28)27(13-19)14-20-15-32-24(25-20)26-9-3-2-4-10-26/h5-8,12-13,15-17,29H,2-4,9-11,14H2,1H3. The number of thiazole rings is 1. The number of nitrogens with zero attached hydrogens (tertiary/aromatic N) is 3. The lowest BCUT2D eigenvalue weighted by molar-refractivity contribution is -0.120. The predicted molar refractivity (Wildman–Crippen MR) is 124 cm³/mol. The Labute approximate surface area is 191 Å². The van der Waals surface area contributed by atoms with Crippen molar-refractivity contribution in [3.8, 4) is 5.75 Å². The minimum Gasteiger partial charge on any atom is -0.429 e. The normalized spacial score (nSPS) is 14.9. The quantitative estimate of drug-likeness (QED) is 0.389. The Hall–Kier alpha value is -2.97. The van der Waals surface area contributed by atoms with E-state index in [1.165, 1.54) is 19.3 Å². The van der Waals surface area contributed by atoms with E-state index in [0.29, 0.717) is 30.0 Å². The van der Waals surface area contributed by atoms with Gasteiger partial charge in [0.15, 0.2) is 10.9 Å². The second-order valence-electron chi connectivity index (χ2n) is 8.09. The molecule has 8 heteroatoms. The third-order valence-electron chi connectivity index (χ3n) is 5.66. The highest BCUT2D eigenvalue weighted by Crippen LogP contribution is 2.26. The molecule has 168 valence electrons. The topological polar surface area (TPSA) is 84.7 Å². The lowest BCUT2D eigenvalue weighted by Gasteiger charge is -2.25. The molecule has 1 aromatic carbocycles. The van der Waals surface area contributed by atoms with Gasteiger partial charge in [-0.1, -0.05) is 12.1 Å². The molecule has 0 amide bonds. The summed E-state index contributed by atoms with van der Waals surface area (Å²) in [4.78, 5) is 30.7. The van der Waals surface area contributed by atoms with Gasteiger partial charge in [-0.2, -0.15) is 0 Å². The molecule has 3 heterocycles. The van der Waals surface area contributed by atoms with Gasteiger partial charge in [-0.3, -0.25) is 9.59 Å². The Kier molecular flexibility index (Phi) is 7.02. The van der Waals surface area contributed by atoms with Crippen LogP contribution in [0, 0.1) is 0 Å². The first-order valence-electron chi connectivity index (χ1n) is 10.8. The van der Waals surface area contributed by atoms with Gasteiger partial charge < -0.3 is 19.3 Å². The van der Waals surface area contributed by atoms with E-state index in [-0.39, 0.29) is 12.2 Å². The smallest absolute Gasteiger partial charge is 0.298 e. The molecule has 3 aromatic rings. The van der Waals surface area contributed by atoms with Crippen LogP contribution in [0.25, 0.3) is 0 Å². The van der Waals surface area contributed by atoms with Crippen molar-refractivity contribution < 1.29 is 19.4 Å². The first kappa shape index (κ1) is 22.2. The van der Waals surface area contributed by atoms with E-state index in [9.17, 15) is 14.7 Å². The lowest BCUT2D eigenvalue weighted by Crippen LogP contribution is -2.29. The Morgan fingerprint density at radius 1 is 1.25 bits per heavy atom. The van der Waals surface area contributed by atoms with Crippen LogP contribution in [0.4, 0.5) is 5.13 Å². The molecule has 1 saturated heterocycles. The molecular formula is C24H27N3O4S. The van der Waals surface area contributed by atoms with Crippen molar-refractivity contribution in [3.05, 3.63) is 64.4 Å². The molecule has 2 aromatic heterocycles. The maximum absolute atomic E-state index is 13.1. The van der Waals surface area contributed by atoms with Gasteiger partial charge in [0.05, 0.1) is 24.0 Å². The van der Waals surface area contributed by atoms with Gasteiger partial charge in [-0.05, 0) is 55.5 Å². The molecule has 1 aliphatic rings. The predicted octanol–water partition coefficient (Wildman–Crippen LogP) is 4.00. The fourth-order valence-electron chi connectivity index (χ4n) is 3.92. The van der Waals surface area contributed by atoms with E-state index in [2.05, 4.69) is 4.90 Å². The zero-order valence-electron chi connectivity index (χ0n) is 18.1. The number of hydrogen-bond acceptors (Lipinski definition) is 7. The van der Waals surface area contributed by atoms with Gasteiger partial charge in [0, 0.05) is 31.1 Å². The summed E-state index contributed by atoms with van der Waals surface area (Å²) in [6.07, 6.45) is 5.05. The fourth-order valence-corrected chi connectivity index (χ4v) is 4.79. The molecule has 7 nitrogen and oxygen atoms in total. The number of carbonyl (C=O) groups excluding carboxylic acids is 2. The number of carbonyl (C=O) groups is 2. The summed E-state index contributed by atoms with van der Waals surface area (Å²) in [7, 11) is 0. The zero-order chi connectivity index (χ0) is 22.5. The van der Waals surface area contributed by atoms with Crippen molar-refractivity contribution in [2.24, 2.45) is 0 Å². The molecule has 1 fully saturated rings. The summed E-state index contributed by atoms with van der Waals surface area (Å²) < 4.78 is 6.68. The number of anilines is 1. The molecule has 1 unspecified atom stereocenters. The van der Waals surface area contributed by atoms with Gasteiger partial charge in [0.2, 0.25) is 0 Å². The highest BCUT2D eigenvalue weighted by Gasteiger charge is 2.19. The number of piperidine rings is 1. The highest BCUT2D eigenvalue weighted by atomic mass is 32.1. The number of aromatic nitrogens is 2. The second-order valence-corrected chi connectivity index (χ2v) is 8.93. The minimum absolute atomic E-state index is 0.0487. The van der Waals surface area contributed by atoms with E-state index in [1.807, 2.05) is 16.1 Å². The fraction of sp³-hybridized carbons (Fsp3) is 0.375. The summed E-state index contributed by atoms with van der Waals surface area (Å²) in [5, 5.41) is 13.2. The molecule has 0 bridgehead atoms. The van der Waals surface area contributed by atoms with Crippen molar-refractivity contribution in [2.75, 3.05) is 18.0 Å². The monoisotopic (exact) mass is 453 g/mol. The summed E-state index contributed by atoms with van der Waals surface area (Å²) in [6.45, 7) is 4.63. The molecule has 0 radical (unpaired) electrons. The van der Waals surface area contributed by atoms with Crippen LogP contribution in [0.15, 0.2) is 41.9 Å². The average molecular weight is 454 g/mol. The third-order valence-corrected chi connectivity index (χ3v) is 6.61. The van der Waals surface area contributed by atoms with Crippen molar-refractivity contribution >= 4 is 28.7 Å². The van der Waals surface area contributed by atoms with Gasteiger partial charge in [0.25, 0.3) is 6.47 Å². The van der Waals surface area contributed by atoms with Crippen LogP contribution in [0.1, 0.15) is 59.6 Å². The van der Waals surface area contributed by atoms with Crippen molar-refractivity contribution in [1.29, 1.82) is 0 Å². The molecule has 0 saturated carbocycles. The van der Waals surface area contributed by atoms with Gasteiger partial charge in [0.1, 0.15) is 5.75 Å². The summed E-state index contributed by atoms with van der Waals surface area (Å²) in [5.41, 5.74) is 2.98. The Balaban J connectivity index is 1.51. The number of ketones is 1. The van der Waals surface area contributed by atoms with Crippen molar-refractivity contribution in [1.82, 2.24) is 9.55 Å². The third kappa shape index (κ3) is 5.26. The lowest BCUT2D eigenvalue weighted by atomic mass is 10.1. The number of benzene rings is 1. The number of ether oxygens (including phenoxy) is 1. The Morgan fingerprint density at radius 3 is 2.69 bits per heavy atom. The van der Waals surface area contributed by atoms with E-state index in [4.69, 9.17) is 9.72 Å². The summed E-state index contributed by atoms with van der Waals surface area (Å²) in [6, 6.07) is 8.62. The molecule has 32 heavy (non-hydrogen) atoms. The van der Waals surface area contributed by atoms with Crippen LogP contribution in [0.2, 0.25) is 0 Å². The first-order valence-corrected chi connectivity index (χ1v) is 11.7. The Morgan fingerprint density at radius 2 is 2.00 bits per heavy atom. The van der Waals surface area contributed by atoms with Crippen LogP contribution < -0.4 is 9.64 Å². The van der Waals surface area contributed by atoms with Crippen LogP contribution >= 0.6 is 11.3 Å². The Bertz CT molecular complexity index is 1070. The summed E-state index contributed by atoms with van der Waals surface area (Å²) >= 11 is 1.64. The molecule has 4 rings (SSSR count). The second kappa shape index (κ2) is 10.1. The maximum atomic E-state index is 13.1. The van der Waals surface area contributed by atoms with Crippen LogP contribution in [0.5, 0.6) is 5.75 Å². The molecule has 0 aliphatic carbocycles. The van der Waals surface area contributed by atoms with E-state index in [0.717, 1.165) is 29.5 Å².